The predicted molar refractivity (Wildman–Crippen MR) is 115 cm³/mol. The van der Waals surface area contributed by atoms with Crippen molar-refractivity contribution in [3.8, 4) is 11.4 Å². The van der Waals surface area contributed by atoms with Crippen molar-refractivity contribution in [2.45, 2.75) is 25.7 Å². The number of halogens is 4. The van der Waals surface area contributed by atoms with E-state index in [1.54, 1.807) is 17.0 Å². The molecule has 180 valence electrons. The molecule has 1 fully saturated rings. The van der Waals surface area contributed by atoms with Gasteiger partial charge in [0.05, 0.1) is 18.2 Å². The van der Waals surface area contributed by atoms with Gasteiger partial charge in [-0.2, -0.15) is 18.2 Å². The average molecular weight is 477 g/mol. The number of piperazine rings is 1. The van der Waals surface area contributed by atoms with Crippen molar-refractivity contribution in [2.24, 2.45) is 0 Å². The van der Waals surface area contributed by atoms with Crippen LogP contribution < -0.4 is 5.32 Å². The van der Waals surface area contributed by atoms with Crippen molar-refractivity contribution >= 4 is 6.03 Å². The average Bonchev–Trinajstić information content (AvgIpc) is 3.28. The highest BCUT2D eigenvalue weighted by atomic mass is 19.4. The van der Waals surface area contributed by atoms with E-state index in [0.717, 1.165) is 17.7 Å². The number of nitrogens with one attached hydrogen (secondary N) is 1. The topological polar surface area (TPSA) is 74.5 Å². The molecule has 0 aliphatic carbocycles. The van der Waals surface area contributed by atoms with Crippen LogP contribution in [0.25, 0.3) is 11.4 Å². The highest BCUT2D eigenvalue weighted by molar-refractivity contribution is 5.74. The molecule has 2 amide bonds. The number of benzene rings is 2. The Kier molecular flexibility index (Phi) is 6.82. The van der Waals surface area contributed by atoms with Crippen molar-refractivity contribution in [2.75, 3.05) is 26.2 Å². The largest absolute Gasteiger partial charge is 0.416 e. The van der Waals surface area contributed by atoms with E-state index in [0.29, 0.717) is 32.7 Å². The fourth-order valence-corrected chi connectivity index (χ4v) is 3.68. The van der Waals surface area contributed by atoms with Crippen molar-refractivity contribution in [1.82, 2.24) is 25.3 Å². The number of amides is 2. The van der Waals surface area contributed by atoms with Gasteiger partial charge in [0.2, 0.25) is 11.7 Å². The Morgan fingerprint density at radius 3 is 2.50 bits per heavy atom. The molecule has 0 radical (unpaired) electrons. The summed E-state index contributed by atoms with van der Waals surface area (Å²) in [7, 11) is 0. The molecule has 34 heavy (non-hydrogen) atoms. The highest BCUT2D eigenvalue weighted by Gasteiger charge is 2.31. The molecule has 0 bridgehead atoms. The first-order chi connectivity index (χ1) is 16.2. The second kappa shape index (κ2) is 9.80. The third-order valence-electron chi connectivity index (χ3n) is 5.64. The summed E-state index contributed by atoms with van der Waals surface area (Å²) in [6.45, 7) is 4.26. The molecule has 7 nitrogen and oxygen atoms in total. The zero-order valence-corrected chi connectivity index (χ0v) is 18.3. The van der Waals surface area contributed by atoms with E-state index in [2.05, 4.69) is 15.5 Å². The van der Waals surface area contributed by atoms with Gasteiger partial charge in [0, 0.05) is 31.7 Å². The fourth-order valence-electron chi connectivity index (χ4n) is 3.68. The van der Waals surface area contributed by atoms with Crippen molar-refractivity contribution in [3.63, 3.8) is 0 Å². The van der Waals surface area contributed by atoms with Gasteiger partial charge in [-0.25, -0.2) is 9.18 Å². The van der Waals surface area contributed by atoms with Crippen LogP contribution in [0.2, 0.25) is 0 Å². The lowest BCUT2D eigenvalue weighted by Crippen LogP contribution is -2.51. The summed E-state index contributed by atoms with van der Waals surface area (Å²) in [6, 6.07) is 10.3. The van der Waals surface area contributed by atoms with E-state index >= 15 is 0 Å². The zero-order valence-electron chi connectivity index (χ0n) is 18.3. The van der Waals surface area contributed by atoms with Gasteiger partial charge in [-0.1, -0.05) is 29.4 Å². The number of carbonyl (C=O) groups is 1. The first kappa shape index (κ1) is 23.7. The van der Waals surface area contributed by atoms with Gasteiger partial charge in [0.15, 0.2) is 0 Å². The third kappa shape index (κ3) is 5.71. The summed E-state index contributed by atoms with van der Waals surface area (Å²) in [5, 5.41) is 6.72. The van der Waals surface area contributed by atoms with Crippen LogP contribution in [0.4, 0.5) is 22.4 Å². The second-order valence-corrected chi connectivity index (χ2v) is 8.08. The SMILES string of the molecule is C[C@@H](NC(=O)N1CCN(Cc2nc(-c3cccc(C(F)(F)F)c3)no2)CC1)c1ccc(F)cc1. The number of hydrogen-bond donors (Lipinski definition) is 1. The molecule has 0 unspecified atom stereocenters. The molecule has 2 heterocycles. The Bertz CT molecular complexity index is 1120. The van der Waals surface area contributed by atoms with Crippen LogP contribution in [0.15, 0.2) is 53.1 Å². The lowest BCUT2D eigenvalue weighted by Gasteiger charge is -2.34. The molecule has 0 spiro atoms. The first-order valence-corrected chi connectivity index (χ1v) is 10.7. The molecule has 2 aromatic carbocycles. The number of aromatic nitrogens is 2. The molecule has 1 aromatic heterocycles. The molecule has 1 aliphatic heterocycles. The molecule has 0 saturated carbocycles. The van der Waals surface area contributed by atoms with Crippen LogP contribution in [0, 0.1) is 5.82 Å². The predicted octanol–water partition coefficient (Wildman–Crippen LogP) is 4.48. The van der Waals surface area contributed by atoms with Crippen molar-refractivity contribution in [1.29, 1.82) is 0 Å². The van der Waals surface area contributed by atoms with Crippen LogP contribution in [0.1, 0.15) is 30.0 Å². The molecule has 4 rings (SSSR count). The second-order valence-electron chi connectivity index (χ2n) is 8.08. The first-order valence-electron chi connectivity index (χ1n) is 10.7. The van der Waals surface area contributed by atoms with Gasteiger partial charge in [0.1, 0.15) is 5.82 Å². The number of nitrogens with zero attached hydrogens (tertiary/aromatic N) is 4. The molecular weight excluding hydrogens is 454 g/mol. The van der Waals surface area contributed by atoms with Crippen LogP contribution in [0.5, 0.6) is 0 Å². The van der Waals surface area contributed by atoms with Crippen LogP contribution in [-0.4, -0.2) is 52.2 Å². The Morgan fingerprint density at radius 1 is 1.12 bits per heavy atom. The molecule has 11 heteroatoms. The molecule has 1 N–H and O–H groups in total. The van der Waals surface area contributed by atoms with E-state index in [1.807, 2.05) is 11.8 Å². The molecular formula is C23H23F4N5O2. The number of hydrogen-bond acceptors (Lipinski definition) is 5. The van der Waals surface area contributed by atoms with E-state index in [9.17, 15) is 22.4 Å². The van der Waals surface area contributed by atoms with Gasteiger partial charge in [-0.05, 0) is 36.8 Å². The van der Waals surface area contributed by atoms with Gasteiger partial charge in [-0.15, -0.1) is 0 Å². The van der Waals surface area contributed by atoms with Gasteiger partial charge in [-0.3, -0.25) is 4.90 Å². The summed E-state index contributed by atoms with van der Waals surface area (Å²) in [6.07, 6.45) is -4.45. The van der Waals surface area contributed by atoms with Crippen LogP contribution in [0.3, 0.4) is 0 Å². The Hall–Kier alpha value is -3.47. The molecule has 1 aliphatic rings. The van der Waals surface area contributed by atoms with E-state index < -0.39 is 11.7 Å². The summed E-state index contributed by atoms with van der Waals surface area (Å²) in [5.41, 5.74) is 0.252. The normalized spacial score (nSPS) is 15.9. The number of carbonyl (C=O) groups excluding carboxylic acids is 1. The highest BCUT2D eigenvalue weighted by Crippen LogP contribution is 2.31. The quantitative estimate of drug-likeness (QED) is 0.549. The van der Waals surface area contributed by atoms with Crippen molar-refractivity contribution < 1.29 is 26.9 Å². The van der Waals surface area contributed by atoms with Gasteiger partial charge >= 0.3 is 12.2 Å². The molecule has 1 saturated heterocycles. The van der Waals surface area contributed by atoms with E-state index in [1.165, 1.54) is 24.3 Å². The Morgan fingerprint density at radius 2 is 1.82 bits per heavy atom. The van der Waals surface area contributed by atoms with E-state index in [-0.39, 0.29) is 35.2 Å². The summed E-state index contributed by atoms with van der Waals surface area (Å²) >= 11 is 0. The van der Waals surface area contributed by atoms with Crippen LogP contribution in [-0.2, 0) is 12.7 Å². The lowest BCUT2D eigenvalue weighted by atomic mass is 10.1. The minimum absolute atomic E-state index is 0.0916. The van der Waals surface area contributed by atoms with Gasteiger partial charge in [0.25, 0.3) is 0 Å². The van der Waals surface area contributed by atoms with Crippen molar-refractivity contribution in [3.05, 3.63) is 71.4 Å². The Labute approximate surface area is 193 Å². The smallest absolute Gasteiger partial charge is 0.338 e. The number of rotatable bonds is 5. The third-order valence-corrected chi connectivity index (χ3v) is 5.64. The zero-order chi connectivity index (χ0) is 24.3. The summed E-state index contributed by atoms with van der Waals surface area (Å²) < 4.78 is 57.1. The number of urea groups is 1. The maximum absolute atomic E-state index is 13.1. The van der Waals surface area contributed by atoms with E-state index in [4.69, 9.17) is 4.52 Å². The molecule has 3 aromatic rings. The number of alkyl halides is 3. The van der Waals surface area contributed by atoms with Gasteiger partial charge < -0.3 is 14.7 Å². The monoisotopic (exact) mass is 477 g/mol. The Balaban J connectivity index is 1.29. The minimum atomic E-state index is -4.45. The minimum Gasteiger partial charge on any atom is -0.338 e. The summed E-state index contributed by atoms with van der Waals surface area (Å²) in [4.78, 5) is 20.5. The fraction of sp³-hybridized carbons (Fsp3) is 0.348. The van der Waals surface area contributed by atoms with Crippen LogP contribution >= 0.6 is 0 Å². The standard InChI is InChI=1S/C23H23F4N5O2/c1-15(16-5-7-19(24)8-6-16)28-22(33)32-11-9-31(10-12-32)14-20-29-21(30-34-20)17-3-2-4-18(13-17)23(25,26)27/h2-8,13,15H,9-12,14H2,1H3,(H,28,33)/t15-/m1/s1. The maximum atomic E-state index is 13.1. The maximum Gasteiger partial charge on any atom is 0.416 e. The lowest BCUT2D eigenvalue weighted by molar-refractivity contribution is -0.137. The molecule has 1 atom stereocenters. The summed E-state index contributed by atoms with van der Waals surface area (Å²) in [5.74, 6) is 0.0470.